The second-order valence-corrected chi connectivity index (χ2v) is 5.95. The Balaban J connectivity index is 3.08. The van der Waals surface area contributed by atoms with Crippen LogP contribution in [0.3, 0.4) is 0 Å². The summed E-state index contributed by atoms with van der Waals surface area (Å²) in [6.45, 7) is -0.0184. The highest BCUT2D eigenvalue weighted by Gasteiger charge is 2.42. The van der Waals surface area contributed by atoms with Crippen LogP contribution < -0.4 is 0 Å². The number of aliphatic hydroxyl groups is 1. The van der Waals surface area contributed by atoms with Gasteiger partial charge in [0.1, 0.15) is 5.60 Å². The molecule has 0 fully saturated rings. The summed E-state index contributed by atoms with van der Waals surface area (Å²) < 4.78 is 49.5. The molecule has 0 amide bonds. The van der Waals surface area contributed by atoms with Gasteiger partial charge in [0.15, 0.2) is 0 Å². The lowest BCUT2D eigenvalue weighted by Crippen LogP contribution is -2.42. The summed E-state index contributed by atoms with van der Waals surface area (Å²) in [7, 11) is -4.30. The summed E-state index contributed by atoms with van der Waals surface area (Å²) in [6.07, 6.45) is -0.569. The van der Waals surface area contributed by atoms with Gasteiger partial charge in [0, 0.05) is 6.42 Å². The predicted molar refractivity (Wildman–Crippen MR) is 59.7 cm³/mol. The molecule has 17 heavy (non-hydrogen) atoms. The highest BCUT2D eigenvalue weighted by atomic mass is 32.2. The maximum Gasteiger partial charge on any atom is 0.233 e. The van der Waals surface area contributed by atoms with Crippen LogP contribution in [0.15, 0.2) is 35.2 Å². The third-order valence-electron chi connectivity index (χ3n) is 2.43. The van der Waals surface area contributed by atoms with E-state index in [9.17, 15) is 22.3 Å². The molecule has 2 atom stereocenters. The Morgan fingerprint density at radius 2 is 1.88 bits per heavy atom. The Bertz CT molecular complexity index is 457. The van der Waals surface area contributed by atoms with Gasteiger partial charge in [0.05, 0.1) is 11.6 Å². The van der Waals surface area contributed by atoms with Gasteiger partial charge in [-0.2, -0.15) is 0 Å². The number of rotatable bonds is 5. The molecule has 0 spiro atoms. The molecule has 0 bridgehead atoms. The molecular weight excluding hydrogens is 250 g/mol. The Morgan fingerprint density at radius 3 is 2.35 bits per heavy atom. The van der Waals surface area contributed by atoms with Gasteiger partial charge in [-0.3, -0.25) is 4.39 Å². The number of alkyl halides is 2. The monoisotopic (exact) mass is 264 g/mol. The van der Waals surface area contributed by atoms with Gasteiger partial charge in [-0.05, 0) is 19.1 Å². The highest BCUT2D eigenvalue weighted by Crippen LogP contribution is 2.27. The summed E-state index contributed by atoms with van der Waals surface area (Å²) in [5.41, 5.74) is -4.78. The van der Waals surface area contributed by atoms with Crippen molar-refractivity contribution in [2.45, 2.75) is 29.3 Å². The summed E-state index contributed by atoms with van der Waals surface area (Å²) in [5, 5.41) is 9.59. The van der Waals surface area contributed by atoms with Crippen LogP contribution in [0.1, 0.15) is 13.3 Å². The summed E-state index contributed by atoms with van der Waals surface area (Å²) >= 11 is 0. The van der Waals surface area contributed by atoms with Crippen molar-refractivity contribution in [2.24, 2.45) is 0 Å². The van der Waals surface area contributed by atoms with Crippen molar-refractivity contribution < 1.29 is 22.3 Å². The largest absolute Gasteiger partial charge is 0.386 e. The Labute approximate surface area is 99.0 Å². The van der Waals surface area contributed by atoms with Crippen molar-refractivity contribution in [3.8, 4) is 0 Å². The first-order valence-electron chi connectivity index (χ1n) is 5.04. The molecule has 3 nitrogen and oxygen atoms in total. The molecule has 0 saturated carbocycles. The van der Waals surface area contributed by atoms with Crippen LogP contribution in [0.25, 0.3) is 0 Å². The minimum atomic E-state index is -4.30. The SMILES string of the molecule is CC(O)(CCF)C(F)S(=O)(=O)c1ccccc1. The predicted octanol–water partition coefficient (Wildman–Crippen LogP) is 1.87. The van der Waals surface area contributed by atoms with Crippen molar-refractivity contribution in [3.05, 3.63) is 30.3 Å². The van der Waals surface area contributed by atoms with Crippen molar-refractivity contribution in [2.75, 3.05) is 6.67 Å². The van der Waals surface area contributed by atoms with Crippen LogP contribution in [0.5, 0.6) is 0 Å². The smallest absolute Gasteiger partial charge is 0.233 e. The maximum absolute atomic E-state index is 13.8. The fourth-order valence-electron chi connectivity index (χ4n) is 1.37. The Kier molecular flexibility index (Phi) is 4.21. The molecular formula is C11H14F2O3S. The molecule has 0 heterocycles. The third kappa shape index (κ3) is 3.01. The van der Waals surface area contributed by atoms with Crippen LogP contribution in [0.2, 0.25) is 0 Å². The first kappa shape index (κ1) is 14.1. The van der Waals surface area contributed by atoms with E-state index in [0.717, 1.165) is 6.92 Å². The van der Waals surface area contributed by atoms with E-state index in [4.69, 9.17) is 0 Å². The molecule has 0 aliphatic heterocycles. The number of benzene rings is 1. The van der Waals surface area contributed by atoms with Gasteiger partial charge < -0.3 is 5.11 Å². The average Bonchev–Trinajstić information content (AvgIpc) is 2.29. The molecule has 0 saturated heterocycles. The second kappa shape index (κ2) is 5.10. The fraction of sp³-hybridized carbons (Fsp3) is 0.455. The van der Waals surface area contributed by atoms with E-state index >= 15 is 0 Å². The van der Waals surface area contributed by atoms with Crippen LogP contribution in [0.4, 0.5) is 8.78 Å². The summed E-state index contributed by atoms with van der Waals surface area (Å²) in [6, 6.07) is 6.94. The van der Waals surface area contributed by atoms with Crippen LogP contribution in [0, 0.1) is 0 Å². The van der Waals surface area contributed by atoms with Crippen molar-refractivity contribution in [1.82, 2.24) is 0 Å². The molecule has 0 aliphatic carbocycles. The zero-order valence-electron chi connectivity index (χ0n) is 9.31. The zero-order chi connectivity index (χ0) is 13.1. The normalized spacial score (nSPS) is 17.4. The first-order valence-corrected chi connectivity index (χ1v) is 6.58. The summed E-state index contributed by atoms with van der Waals surface area (Å²) in [5.74, 6) is 0. The van der Waals surface area contributed by atoms with E-state index in [2.05, 4.69) is 0 Å². The quantitative estimate of drug-likeness (QED) is 0.883. The highest BCUT2D eigenvalue weighted by molar-refractivity contribution is 7.92. The number of hydrogen-bond acceptors (Lipinski definition) is 3. The fourth-order valence-corrected chi connectivity index (χ4v) is 2.93. The topological polar surface area (TPSA) is 54.4 Å². The third-order valence-corrected chi connectivity index (χ3v) is 4.42. The van der Waals surface area contributed by atoms with E-state index in [1.165, 1.54) is 24.3 Å². The molecule has 96 valence electrons. The Hall–Kier alpha value is -1.01. The van der Waals surface area contributed by atoms with Crippen molar-refractivity contribution in [1.29, 1.82) is 0 Å². The van der Waals surface area contributed by atoms with Crippen LogP contribution >= 0.6 is 0 Å². The lowest BCUT2D eigenvalue weighted by atomic mass is 10.1. The molecule has 1 aromatic carbocycles. The van der Waals surface area contributed by atoms with Crippen LogP contribution in [-0.4, -0.2) is 31.3 Å². The lowest BCUT2D eigenvalue weighted by Gasteiger charge is -2.25. The molecule has 1 rings (SSSR count). The van der Waals surface area contributed by atoms with E-state index in [-0.39, 0.29) is 4.90 Å². The van der Waals surface area contributed by atoms with E-state index in [0.29, 0.717) is 0 Å². The lowest BCUT2D eigenvalue weighted by molar-refractivity contribution is 0.00186. The maximum atomic E-state index is 13.8. The number of hydrogen-bond donors (Lipinski definition) is 1. The van der Waals surface area contributed by atoms with E-state index in [1.54, 1.807) is 6.07 Å². The van der Waals surface area contributed by atoms with Crippen molar-refractivity contribution in [3.63, 3.8) is 0 Å². The molecule has 6 heteroatoms. The van der Waals surface area contributed by atoms with Crippen molar-refractivity contribution >= 4 is 9.84 Å². The first-order chi connectivity index (χ1) is 7.82. The minimum Gasteiger partial charge on any atom is -0.386 e. The van der Waals surface area contributed by atoms with Crippen LogP contribution in [-0.2, 0) is 9.84 Å². The van der Waals surface area contributed by atoms with Gasteiger partial charge in [-0.1, -0.05) is 18.2 Å². The van der Waals surface area contributed by atoms with Gasteiger partial charge in [0.2, 0.25) is 15.3 Å². The van der Waals surface area contributed by atoms with E-state index < -0.39 is 34.0 Å². The van der Waals surface area contributed by atoms with Gasteiger partial charge >= 0.3 is 0 Å². The Morgan fingerprint density at radius 1 is 1.35 bits per heavy atom. The molecule has 0 radical (unpaired) electrons. The second-order valence-electron chi connectivity index (χ2n) is 3.97. The van der Waals surface area contributed by atoms with Gasteiger partial charge in [0.25, 0.3) is 0 Å². The molecule has 0 aromatic heterocycles. The number of halogens is 2. The zero-order valence-corrected chi connectivity index (χ0v) is 10.1. The molecule has 2 unspecified atom stereocenters. The molecule has 1 aromatic rings. The number of sulfone groups is 1. The van der Waals surface area contributed by atoms with Gasteiger partial charge in [-0.15, -0.1) is 0 Å². The molecule has 1 N–H and O–H groups in total. The van der Waals surface area contributed by atoms with Gasteiger partial charge in [-0.25, -0.2) is 12.8 Å². The molecule has 0 aliphatic rings. The van der Waals surface area contributed by atoms with E-state index in [1.807, 2.05) is 0 Å². The average molecular weight is 264 g/mol. The standard InChI is InChI=1S/C11H14F2O3S/c1-11(14,7-8-12)10(13)17(15,16)9-5-3-2-4-6-9/h2-6,10,14H,7-8H2,1H3. The summed E-state index contributed by atoms with van der Waals surface area (Å²) in [4.78, 5) is -0.230. The minimum absolute atomic E-state index is 0.230.